The number of alkyl halides is 2. The summed E-state index contributed by atoms with van der Waals surface area (Å²) in [5.74, 6) is -0.411. The SMILES string of the molecule is CCOC(=O)[C@H](Br)[C@@H](Br)c1cccc([N+](=O)[O-])c1. The fourth-order valence-electron chi connectivity index (χ4n) is 1.32. The molecule has 0 aliphatic rings. The molecule has 0 N–H and O–H groups in total. The lowest BCUT2D eigenvalue weighted by Crippen LogP contribution is -2.21. The monoisotopic (exact) mass is 379 g/mol. The number of ether oxygens (including phenoxy) is 1. The fourth-order valence-corrected chi connectivity index (χ4v) is 2.26. The van der Waals surface area contributed by atoms with Gasteiger partial charge in [0.2, 0.25) is 0 Å². The van der Waals surface area contributed by atoms with Crippen LogP contribution in [0.4, 0.5) is 5.69 Å². The Morgan fingerprint density at radius 2 is 2.17 bits per heavy atom. The molecule has 0 heterocycles. The lowest BCUT2D eigenvalue weighted by Gasteiger charge is -2.15. The number of carbonyl (C=O) groups excluding carboxylic acids is 1. The van der Waals surface area contributed by atoms with E-state index in [1.807, 2.05) is 0 Å². The van der Waals surface area contributed by atoms with E-state index in [2.05, 4.69) is 31.9 Å². The van der Waals surface area contributed by atoms with Crippen LogP contribution in [0.25, 0.3) is 0 Å². The van der Waals surface area contributed by atoms with Crippen molar-refractivity contribution in [2.75, 3.05) is 6.61 Å². The molecular weight excluding hydrogens is 370 g/mol. The van der Waals surface area contributed by atoms with Gasteiger partial charge in [-0.15, -0.1) is 0 Å². The number of hydrogen-bond donors (Lipinski definition) is 0. The third-order valence-electron chi connectivity index (χ3n) is 2.17. The highest BCUT2D eigenvalue weighted by atomic mass is 79.9. The van der Waals surface area contributed by atoms with Crippen molar-refractivity contribution in [2.45, 2.75) is 16.6 Å². The number of rotatable bonds is 5. The van der Waals surface area contributed by atoms with Crippen LogP contribution >= 0.6 is 31.9 Å². The Labute approximate surface area is 121 Å². The van der Waals surface area contributed by atoms with Crippen LogP contribution in [0.5, 0.6) is 0 Å². The lowest BCUT2D eigenvalue weighted by molar-refractivity contribution is -0.384. The summed E-state index contributed by atoms with van der Waals surface area (Å²) in [4.78, 5) is 20.7. The van der Waals surface area contributed by atoms with Crippen molar-refractivity contribution >= 4 is 43.5 Å². The minimum atomic E-state index is -0.598. The van der Waals surface area contributed by atoms with Gasteiger partial charge in [0.15, 0.2) is 0 Å². The highest BCUT2D eigenvalue weighted by Crippen LogP contribution is 2.33. The van der Waals surface area contributed by atoms with Crippen molar-refractivity contribution in [3.8, 4) is 0 Å². The summed E-state index contributed by atoms with van der Waals surface area (Å²) < 4.78 is 4.87. The van der Waals surface area contributed by atoms with Crippen molar-refractivity contribution in [3.05, 3.63) is 39.9 Å². The Morgan fingerprint density at radius 3 is 2.72 bits per heavy atom. The summed E-state index contributed by atoms with van der Waals surface area (Å²) >= 11 is 6.55. The molecule has 2 atom stereocenters. The molecule has 0 aliphatic heterocycles. The van der Waals surface area contributed by atoms with E-state index >= 15 is 0 Å². The first-order chi connectivity index (χ1) is 8.47. The van der Waals surface area contributed by atoms with Gasteiger partial charge in [-0.2, -0.15) is 0 Å². The smallest absolute Gasteiger partial charge is 0.321 e. The Morgan fingerprint density at radius 1 is 1.50 bits per heavy atom. The van der Waals surface area contributed by atoms with Crippen LogP contribution in [0.3, 0.4) is 0 Å². The largest absolute Gasteiger partial charge is 0.465 e. The Hall–Kier alpha value is -0.950. The van der Waals surface area contributed by atoms with E-state index in [4.69, 9.17) is 4.74 Å². The number of nitro benzene ring substituents is 1. The summed E-state index contributed by atoms with van der Waals surface area (Å²) in [6, 6.07) is 6.11. The molecule has 0 radical (unpaired) electrons. The van der Waals surface area contributed by atoms with Gasteiger partial charge < -0.3 is 4.74 Å². The van der Waals surface area contributed by atoms with Crippen molar-refractivity contribution in [1.29, 1.82) is 0 Å². The molecule has 0 fully saturated rings. The number of hydrogen-bond acceptors (Lipinski definition) is 4. The van der Waals surface area contributed by atoms with Crippen LogP contribution in [0.1, 0.15) is 17.3 Å². The first-order valence-corrected chi connectivity index (χ1v) is 6.99. The maximum atomic E-state index is 11.5. The molecule has 1 aromatic rings. The van der Waals surface area contributed by atoms with Crippen LogP contribution in [-0.4, -0.2) is 22.3 Å². The number of nitrogens with zero attached hydrogens (tertiary/aromatic N) is 1. The third-order valence-corrected chi connectivity index (χ3v) is 4.84. The summed E-state index contributed by atoms with van der Waals surface area (Å²) in [7, 11) is 0. The van der Waals surface area contributed by atoms with Gasteiger partial charge in [0.05, 0.1) is 16.4 Å². The quantitative estimate of drug-likeness (QED) is 0.340. The number of benzene rings is 1. The van der Waals surface area contributed by atoms with Gasteiger partial charge in [-0.25, -0.2) is 0 Å². The van der Waals surface area contributed by atoms with E-state index in [0.717, 1.165) is 0 Å². The molecule has 0 unspecified atom stereocenters. The van der Waals surface area contributed by atoms with E-state index in [1.54, 1.807) is 19.1 Å². The maximum absolute atomic E-state index is 11.5. The van der Waals surface area contributed by atoms with E-state index in [-0.39, 0.29) is 12.3 Å². The molecule has 0 aromatic heterocycles. The molecule has 18 heavy (non-hydrogen) atoms. The predicted octanol–water partition coefficient (Wildman–Crippen LogP) is 3.36. The van der Waals surface area contributed by atoms with E-state index in [9.17, 15) is 14.9 Å². The second-order valence-electron chi connectivity index (χ2n) is 3.41. The van der Waals surface area contributed by atoms with Crippen LogP contribution in [-0.2, 0) is 9.53 Å². The number of carbonyl (C=O) groups is 1. The van der Waals surface area contributed by atoms with Crippen LogP contribution in [0, 0.1) is 10.1 Å². The average molecular weight is 381 g/mol. The number of nitro groups is 1. The molecule has 7 heteroatoms. The predicted molar refractivity (Wildman–Crippen MR) is 74.1 cm³/mol. The molecule has 0 aliphatic carbocycles. The first kappa shape index (κ1) is 15.1. The number of esters is 1. The van der Waals surface area contributed by atoms with E-state index < -0.39 is 20.5 Å². The lowest BCUT2D eigenvalue weighted by atomic mass is 10.1. The van der Waals surface area contributed by atoms with Gasteiger partial charge >= 0.3 is 5.97 Å². The molecule has 5 nitrogen and oxygen atoms in total. The zero-order valence-corrected chi connectivity index (χ0v) is 12.7. The molecule has 0 bridgehead atoms. The van der Waals surface area contributed by atoms with Crippen LogP contribution in [0.2, 0.25) is 0 Å². The minimum absolute atomic E-state index is 0.0134. The van der Waals surface area contributed by atoms with Crippen molar-refractivity contribution in [1.82, 2.24) is 0 Å². The van der Waals surface area contributed by atoms with E-state index in [0.29, 0.717) is 5.56 Å². The van der Waals surface area contributed by atoms with Gasteiger partial charge in [-0.3, -0.25) is 14.9 Å². The fraction of sp³-hybridized carbons (Fsp3) is 0.364. The van der Waals surface area contributed by atoms with Crippen LogP contribution < -0.4 is 0 Å². The zero-order valence-electron chi connectivity index (χ0n) is 9.51. The van der Waals surface area contributed by atoms with Gasteiger partial charge in [0.1, 0.15) is 4.83 Å². The molecule has 1 rings (SSSR count). The van der Waals surface area contributed by atoms with Gasteiger partial charge in [-0.05, 0) is 12.5 Å². The van der Waals surface area contributed by atoms with Crippen molar-refractivity contribution in [2.24, 2.45) is 0 Å². The second-order valence-corrected chi connectivity index (χ2v) is 5.38. The first-order valence-electron chi connectivity index (χ1n) is 5.16. The molecule has 0 spiro atoms. The standard InChI is InChI=1S/C11H11Br2NO4/c1-2-18-11(15)10(13)9(12)7-4-3-5-8(6-7)14(16)17/h3-6,9-10H,2H2,1H3/t9-,10+/m0/s1. The van der Waals surface area contributed by atoms with E-state index in [1.165, 1.54) is 12.1 Å². The highest BCUT2D eigenvalue weighted by molar-refractivity contribution is 9.12. The minimum Gasteiger partial charge on any atom is -0.465 e. The molecule has 0 amide bonds. The molecule has 0 saturated carbocycles. The summed E-state index contributed by atoms with van der Waals surface area (Å²) in [5, 5.41) is 10.7. The molecule has 0 saturated heterocycles. The summed E-state index contributed by atoms with van der Waals surface area (Å²) in [5.41, 5.74) is 0.625. The van der Waals surface area contributed by atoms with Gasteiger partial charge in [0.25, 0.3) is 5.69 Å². The second kappa shape index (κ2) is 6.84. The van der Waals surface area contributed by atoms with Gasteiger partial charge in [0, 0.05) is 12.1 Å². The normalized spacial score (nSPS) is 13.7. The topological polar surface area (TPSA) is 69.4 Å². The Bertz CT molecular complexity index is 452. The van der Waals surface area contributed by atoms with Crippen molar-refractivity contribution in [3.63, 3.8) is 0 Å². The van der Waals surface area contributed by atoms with Gasteiger partial charge in [-0.1, -0.05) is 44.0 Å². The highest BCUT2D eigenvalue weighted by Gasteiger charge is 2.27. The third kappa shape index (κ3) is 3.78. The summed E-state index contributed by atoms with van der Waals surface area (Å²) in [6.07, 6.45) is 0. The van der Waals surface area contributed by atoms with Crippen molar-refractivity contribution < 1.29 is 14.5 Å². The zero-order chi connectivity index (χ0) is 13.7. The number of non-ortho nitro benzene ring substituents is 1. The Balaban J connectivity index is 2.89. The maximum Gasteiger partial charge on any atom is 0.321 e. The average Bonchev–Trinajstić information content (AvgIpc) is 2.37. The van der Waals surface area contributed by atoms with Crippen LogP contribution in [0.15, 0.2) is 24.3 Å². The summed E-state index contributed by atoms with van der Waals surface area (Å²) in [6.45, 7) is 2.00. The molecular formula is C11H11Br2NO4. The Kier molecular flexibility index (Phi) is 5.74. The number of halogens is 2. The molecule has 1 aromatic carbocycles. The molecule has 98 valence electrons.